The second kappa shape index (κ2) is 5.81. The molecule has 6 nitrogen and oxygen atoms in total. The van der Waals surface area contributed by atoms with Crippen molar-refractivity contribution in [3.63, 3.8) is 0 Å². The van der Waals surface area contributed by atoms with Crippen LogP contribution in [-0.4, -0.2) is 35.0 Å². The van der Waals surface area contributed by atoms with E-state index in [0.717, 1.165) is 12.0 Å². The van der Waals surface area contributed by atoms with Crippen molar-refractivity contribution >= 4 is 11.9 Å². The third kappa shape index (κ3) is 2.54. The van der Waals surface area contributed by atoms with Crippen LogP contribution >= 0.6 is 0 Å². The zero-order chi connectivity index (χ0) is 14.7. The highest BCUT2D eigenvalue weighted by Crippen LogP contribution is 2.33. The van der Waals surface area contributed by atoms with E-state index in [1.165, 1.54) is 0 Å². The Labute approximate surface area is 117 Å². The lowest BCUT2D eigenvalue weighted by Gasteiger charge is -2.24. The Morgan fingerprint density at radius 1 is 1.45 bits per heavy atom. The number of rotatable bonds is 5. The molecule has 108 valence electrons. The maximum atomic E-state index is 11.8. The summed E-state index contributed by atoms with van der Waals surface area (Å²) >= 11 is 0. The number of nitrogens with two attached hydrogens (primary N) is 1. The maximum Gasteiger partial charge on any atom is 0.346 e. The number of phenols is 1. The van der Waals surface area contributed by atoms with E-state index in [4.69, 9.17) is 10.5 Å². The molecule has 0 spiro atoms. The average molecular weight is 277 g/mol. The fraction of sp³-hybridized carbons (Fsp3) is 0.429. The minimum absolute atomic E-state index is 0.0671. The quantitative estimate of drug-likeness (QED) is 0.862. The molecule has 1 aromatic carbocycles. The number of amides is 2. The van der Waals surface area contributed by atoms with Gasteiger partial charge in [0.05, 0.1) is 6.61 Å². The number of carbonyl (C=O) groups excluding carboxylic acids is 1. The van der Waals surface area contributed by atoms with E-state index in [9.17, 15) is 9.90 Å². The Morgan fingerprint density at radius 2 is 2.20 bits per heavy atom. The summed E-state index contributed by atoms with van der Waals surface area (Å²) in [5.74, 6) is 0.725. The van der Waals surface area contributed by atoms with Crippen molar-refractivity contribution < 1.29 is 14.6 Å². The zero-order valence-corrected chi connectivity index (χ0v) is 11.7. The van der Waals surface area contributed by atoms with Crippen molar-refractivity contribution in [2.45, 2.75) is 26.3 Å². The van der Waals surface area contributed by atoms with Gasteiger partial charge < -0.3 is 20.5 Å². The second-order valence-corrected chi connectivity index (χ2v) is 4.58. The summed E-state index contributed by atoms with van der Waals surface area (Å²) in [5.41, 5.74) is 6.65. The first-order valence-corrected chi connectivity index (χ1v) is 6.68. The molecule has 0 aromatic heterocycles. The second-order valence-electron chi connectivity index (χ2n) is 4.58. The maximum absolute atomic E-state index is 11.8. The Kier molecular flexibility index (Phi) is 4.12. The molecule has 0 saturated carbocycles. The summed E-state index contributed by atoms with van der Waals surface area (Å²) in [6, 6.07) is 4.27. The molecule has 1 aromatic rings. The largest absolute Gasteiger partial charge is 0.504 e. The number of nitrogens with zero attached hydrogens (tertiary/aromatic N) is 2. The number of urea groups is 1. The molecular formula is C14H19N3O3. The van der Waals surface area contributed by atoms with Crippen molar-refractivity contribution in [1.29, 1.82) is 0 Å². The molecule has 2 rings (SSSR count). The van der Waals surface area contributed by atoms with E-state index < -0.39 is 0 Å². The number of aromatic hydroxyl groups is 1. The van der Waals surface area contributed by atoms with Crippen molar-refractivity contribution in [3.8, 4) is 11.5 Å². The molecule has 1 aliphatic rings. The third-order valence-electron chi connectivity index (χ3n) is 3.13. The number of ether oxygens (including phenoxy) is 1. The summed E-state index contributed by atoms with van der Waals surface area (Å²) in [4.78, 5) is 17.3. The molecule has 0 radical (unpaired) electrons. The highest BCUT2D eigenvalue weighted by Gasteiger charge is 2.34. The smallest absolute Gasteiger partial charge is 0.346 e. The SMILES string of the molecule is CCCN1C(=O)N=C(N)C1c1ccc(O)c(OCC)c1. The predicted octanol–water partition coefficient (Wildman–Crippen LogP) is 2.03. The molecule has 1 atom stereocenters. The number of hydrogen-bond acceptors (Lipinski definition) is 4. The summed E-state index contributed by atoms with van der Waals surface area (Å²) in [5, 5.41) is 9.73. The minimum atomic E-state index is -0.387. The van der Waals surface area contributed by atoms with Gasteiger partial charge in [-0.2, -0.15) is 4.99 Å². The first-order valence-electron chi connectivity index (χ1n) is 6.68. The van der Waals surface area contributed by atoms with E-state index in [0.29, 0.717) is 18.9 Å². The van der Waals surface area contributed by atoms with Gasteiger partial charge >= 0.3 is 6.03 Å². The van der Waals surface area contributed by atoms with Crippen molar-refractivity contribution in [2.75, 3.05) is 13.2 Å². The molecule has 2 amide bonds. The summed E-state index contributed by atoms with van der Waals surface area (Å²) < 4.78 is 5.36. The first-order chi connectivity index (χ1) is 9.58. The van der Waals surface area contributed by atoms with Crippen molar-refractivity contribution in [1.82, 2.24) is 4.90 Å². The van der Waals surface area contributed by atoms with Gasteiger partial charge in [-0.1, -0.05) is 13.0 Å². The number of aliphatic imine (C=N–C) groups is 1. The van der Waals surface area contributed by atoms with Gasteiger partial charge in [-0.15, -0.1) is 0 Å². The number of hydrogen-bond donors (Lipinski definition) is 2. The molecule has 0 fully saturated rings. The molecule has 20 heavy (non-hydrogen) atoms. The van der Waals surface area contributed by atoms with E-state index in [1.807, 2.05) is 13.8 Å². The topological polar surface area (TPSA) is 88.2 Å². The van der Waals surface area contributed by atoms with Gasteiger partial charge in [0.25, 0.3) is 0 Å². The molecule has 6 heteroatoms. The Morgan fingerprint density at radius 3 is 2.85 bits per heavy atom. The minimum Gasteiger partial charge on any atom is -0.504 e. The number of amidine groups is 1. The molecule has 0 aliphatic carbocycles. The van der Waals surface area contributed by atoms with E-state index in [1.54, 1.807) is 23.1 Å². The molecule has 1 heterocycles. The lowest BCUT2D eigenvalue weighted by atomic mass is 10.0. The van der Waals surface area contributed by atoms with Crippen molar-refractivity contribution in [2.24, 2.45) is 10.7 Å². The van der Waals surface area contributed by atoms with Gasteiger partial charge in [0.1, 0.15) is 11.9 Å². The van der Waals surface area contributed by atoms with Crippen LogP contribution in [0, 0.1) is 0 Å². The van der Waals surface area contributed by atoms with Crippen LogP contribution in [0.1, 0.15) is 31.9 Å². The normalized spacial score (nSPS) is 18.3. The van der Waals surface area contributed by atoms with Gasteiger partial charge in [-0.3, -0.25) is 0 Å². The number of carbonyl (C=O) groups is 1. The van der Waals surface area contributed by atoms with Crippen LogP contribution < -0.4 is 10.5 Å². The van der Waals surface area contributed by atoms with Crippen LogP contribution in [0.2, 0.25) is 0 Å². The highest BCUT2D eigenvalue weighted by atomic mass is 16.5. The van der Waals surface area contributed by atoms with Crippen LogP contribution in [0.15, 0.2) is 23.2 Å². The van der Waals surface area contributed by atoms with Crippen LogP contribution in [0.5, 0.6) is 11.5 Å². The van der Waals surface area contributed by atoms with Gasteiger partial charge in [0.2, 0.25) is 0 Å². The summed E-state index contributed by atoms with van der Waals surface area (Å²) in [6.45, 7) is 4.85. The molecule has 0 saturated heterocycles. The number of benzene rings is 1. The lowest BCUT2D eigenvalue weighted by molar-refractivity contribution is 0.206. The van der Waals surface area contributed by atoms with Gasteiger partial charge in [0.15, 0.2) is 11.5 Å². The van der Waals surface area contributed by atoms with Crippen LogP contribution in [0.4, 0.5) is 4.79 Å². The van der Waals surface area contributed by atoms with E-state index in [2.05, 4.69) is 4.99 Å². The monoisotopic (exact) mass is 277 g/mol. The van der Waals surface area contributed by atoms with Gasteiger partial charge in [0, 0.05) is 6.54 Å². The average Bonchev–Trinajstić information content (AvgIpc) is 2.68. The highest BCUT2D eigenvalue weighted by molar-refractivity contribution is 6.03. The van der Waals surface area contributed by atoms with Crippen LogP contribution in [0.25, 0.3) is 0 Å². The standard InChI is InChI=1S/C14H19N3O3/c1-3-7-17-12(13(15)16-14(17)19)9-5-6-10(18)11(8-9)20-4-2/h5-6,8,12,18H,3-4,7H2,1-2H3,(H2,15,16,19). The fourth-order valence-electron chi connectivity index (χ4n) is 2.29. The summed E-state index contributed by atoms with van der Waals surface area (Å²) in [6.07, 6.45) is 0.821. The molecule has 3 N–H and O–H groups in total. The van der Waals surface area contributed by atoms with Crippen LogP contribution in [0.3, 0.4) is 0 Å². The van der Waals surface area contributed by atoms with Gasteiger partial charge in [-0.25, -0.2) is 4.79 Å². The Bertz CT molecular complexity index is 542. The zero-order valence-electron chi connectivity index (χ0n) is 11.7. The summed E-state index contributed by atoms with van der Waals surface area (Å²) in [7, 11) is 0. The predicted molar refractivity (Wildman–Crippen MR) is 76.0 cm³/mol. The number of phenolic OH excluding ortho intramolecular Hbond substituents is 1. The van der Waals surface area contributed by atoms with Crippen molar-refractivity contribution in [3.05, 3.63) is 23.8 Å². The Hall–Kier alpha value is -2.24. The Balaban J connectivity index is 2.36. The first kappa shape index (κ1) is 14.2. The van der Waals surface area contributed by atoms with Gasteiger partial charge in [-0.05, 0) is 31.0 Å². The lowest BCUT2D eigenvalue weighted by Crippen LogP contribution is -2.33. The van der Waals surface area contributed by atoms with Crippen LogP contribution in [-0.2, 0) is 0 Å². The van der Waals surface area contributed by atoms with E-state index in [-0.39, 0.29) is 23.7 Å². The van der Waals surface area contributed by atoms with E-state index >= 15 is 0 Å². The fourth-order valence-corrected chi connectivity index (χ4v) is 2.29. The molecule has 0 bridgehead atoms. The molecule has 1 unspecified atom stereocenters. The third-order valence-corrected chi connectivity index (χ3v) is 3.13. The molecular weight excluding hydrogens is 258 g/mol. The molecule has 1 aliphatic heterocycles.